The number of aromatic amines is 1. The highest BCUT2D eigenvalue weighted by Crippen LogP contribution is 2.34. The Morgan fingerprint density at radius 2 is 2.17 bits per heavy atom. The van der Waals surface area contributed by atoms with E-state index in [1.807, 2.05) is 19.1 Å². The van der Waals surface area contributed by atoms with Crippen molar-refractivity contribution in [2.45, 2.75) is 13.5 Å². The van der Waals surface area contributed by atoms with Crippen molar-refractivity contribution in [2.24, 2.45) is 0 Å². The summed E-state index contributed by atoms with van der Waals surface area (Å²) in [5, 5.41) is 0. The van der Waals surface area contributed by atoms with E-state index in [1.165, 1.54) is 20.8 Å². The van der Waals surface area contributed by atoms with E-state index in [2.05, 4.69) is 9.97 Å². The van der Waals surface area contributed by atoms with Gasteiger partial charge in [-0.3, -0.25) is 14.3 Å². The van der Waals surface area contributed by atoms with Crippen LogP contribution in [0.15, 0.2) is 23.1 Å². The Balaban J connectivity index is 2.11. The summed E-state index contributed by atoms with van der Waals surface area (Å²) in [4.78, 5) is 33.4. The van der Waals surface area contributed by atoms with Crippen molar-refractivity contribution in [1.29, 1.82) is 0 Å². The monoisotopic (exact) mass is 350 g/mol. The summed E-state index contributed by atoms with van der Waals surface area (Å²) in [6, 6.07) is 3.83. The number of fused-ring (bicyclic) bond motifs is 1. The highest BCUT2D eigenvalue weighted by molar-refractivity contribution is 7.19. The predicted molar refractivity (Wildman–Crippen MR) is 92.1 cm³/mol. The number of aryl methyl sites for hydroxylation is 1. The maximum atomic E-state index is 12.1. The van der Waals surface area contributed by atoms with E-state index in [-0.39, 0.29) is 18.1 Å². The Morgan fingerprint density at radius 1 is 1.43 bits per heavy atom. The van der Waals surface area contributed by atoms with Crippen molar-refractivity contribution in [3.63, 3.8) is 0 Å². The lowest BCUT2D eigenvalue weighted by molar-refractivity contribution is -0.129. The molecule has 3 aromatic rings. The fraction of sp³-hybridized carbons (Fsp3) is 0.267. The van der Waals surface area contributed by atoms with Gasteiger partial charge in [0.15, 0.2) is 5.65 Å². The third kappa shape index (κ3) is 2.89. The lowest BCUT2D eigenvalue weighted by Gasteiger charge is -2.10. The van der Waals surface area contributed by atoms with Gasteiger partial charge < -0.3 is 4.90 Å². The summed E-state index contributed by atoms with van der Waals surface area (Å²) in [7, 11) is 3.31. The molecule has 0 aromatic carbocycles. The molecule has 1 amide bonds. The van der Waals surface area contributed by atoms with Crippen LogP contribution in [0.3, 0.4) is 0 Å². The summed E-state index contributed by atoms with van der Waals surface area (Å²) in [5.74, 6) is -0.159. The molecule has 0 aliphatic rings. The Hall–Kier alpha value is -2.12. The summed E-state index contributed by atoms with van der Waals surface area (Å²) >= 11 is 7.58. The Morgan fingerprint density at radius 3 is 2.78 bits per heavy atom. The minimum Gasteiger partial charge on any atom is -0.347 e. The maximum absolute atomic E-state index is 12.1. The first kappa shape index (κ1) is 15.8. The lowest BCUT2D eigenvalue weighted by atomic mass is 10.2. The van der Waals surface area contributed by atoms with Crippen LogP contribution in [-0.4, -0.2) is 39.4 Å². The molecule has 120 valence electrons. The van der Waals surface area contributed by atoms with Crippen LogP contribution in [0.25, 0.3) is 21.6 Å². The van der Waals surface area contributed by atoms with Crippen molar-refractivity contribution in [3.05, 3.63) is 38.7 Å². The minimum atomic E-state index is -0.347. The van der Waals surface area contributed by atoms with Crippen LogP contribution in [0.1, 0.15) is 5.56 Å². The fourth-order valence-electron chi connectivity index (χ4n) is 2.20. The topological polar surface area (TPSA) is 71.0 Å². The molecule has 23 heavy (non-hydrogen) atoms. The van der Waals surface area contributed by atoms with E-state index in [0.29, 0.717) is 11.2 Å². The quantitative estimate of drug-likeness (QED) is 0.789. The second-order valence-corrected chi connectivity index (χ2v) is 7.12. The summed E-state index contributed by atoms with van der Waals surface area (Å²) < 4.78 is 2.13. The smallest absolute Gasteiger partial charge is 0.328 e. The van der Waals surface area contributed by atoms with Crippen LogP contribution in [-0.2, 0) is 11.3 Å². The molecule has 3 heterocycles. The van der Waals surface area contributed by atoms with Gasteiger partial charge in [-0.1, -0.05) is 11.6 Å². The van der Waals surface area contributed by atoms with E-state index in [9.17, 15) is 9.59 Å². The normalized spacial score (nSPS) is 11.1. The van der Waals surface area contributed by atoms with Crippen LogP contribution < -0.4 is 5.69 Å². The van der Waals surface area contributed by atoms with Crippen molar-refractivity contribution in [2.75, 3.05) is 14.1 Å². The third-order valence-electron chi connectivity index (χ3n) is 3.56. The molecular formula is C15H15ClN4O2S. The fourth-order valence-corrected chi connectivity index (χ4v) is 3.39. The van der Waals surface area contributed by atoms with E-state index in [1.54, 1.807) is 20.3 Å². The highest BCUT2D eigenvalue weighted by Gasteiger charge is 2.14. The number of nitrogens with one attached hydrogen (secondary N) is 1. The molecule has 0 saturated heterocycles. The Labute approximate surface area is 141 Å². The van der Waals surface area contributed by atoms with Crippen molar-refractivity contribution >= 4 is 40.0 Å². The van der Waals surface area contributed by atoms with Gasteiger partial charge >= 0.3 is 5.69 Å². The summed E-state index contributed by atoms with van der Waals surface area (Å²) in [6.45, 7) is 1.91. The van der Waals surface area contributed by atoms with Gasteiger partial charge in [-0.05, 0) is 24.6 Å². The van der Waals surface area contributed by atoms with E-state index < -0.39 is 0 Å². The molecule has 0 spiro atoms. The zero-order chi connectivity index (χ0) is 16.7. The standard InChI is InChI=1S/C15H15ClN4O2S/c1-8-4-11(23-13(8)16)9-5-10-14(17-6-9)18-15(22)20(10)7-12(21)19(2)3/h4-6H,7H2,1-3H3,(H,17,18,22). The molecule has 3 rings (SSSR count). The molecule has 0 aliphatic carbocycles. The molecule has 0 bridgehead atoms. The van der Waals surface area contributed by atoms with Crippen molar-refractivity contribution in [1.82, 2.24) is 19.4 Å². The van der Waals surface area contributed by atoms with E-state index in [4.69, 9.17) is 11.6 Å². The van der Waals surface area contributed by atoms with Gasteiger partial charge in [-0.25, -0.2) is 9.78 Å². The van der Waals surface area contributed by atoms with Crippen LogP contribution >= 0.6 is 22.9 Å². The third-order valence-corrected chi connectivity index (χ3v) is 5.17. The zero-order valence-corrected chi connectivity index (χ0v) is 14.5. The number of aromatic nitrogens is 3. The lowest BCUT2D eigenvalue weighted by Crippen LogP contribution is -2.30. The highest BCUT2D eigenvalue weighted by atomic mass is 35.5. The number of hydrogen-bond donors (Lipinski definition) is 1. The molecular weight excluding hydrogens is 336 g/mol. The molecule has 0 aliphatic heterocycles. The van der Waals surface area contributed by atoms with Gasteiger partial charge in [-0.2, -0.15) is 0 Å². The first-order chi connectivity index (χ1) is 10.9. The largest absolute Gasteiger partial charge is 0.347 e. The van der Waals surface area contributed by atoms with Crippen LogP contribution in [0.2, 0.25) is 4.34 Å². The number of carbonyl (C=O) groups excluding carboxylic acids is 1. The average molecular weight is 351 g/mol. The van der Waals surface area contributed by atoms with Gasteiger partial charge in [0.25, 0.3) is 0 Å². The van der Waals surface area contributed by atoms with Crippen molar-refractivity contribution < 1.29 is 4.79 Å². The number of halogens is 1. The van der Waals surface area contributed by atoms with E-state index >= 15 is 0 Å². The molecule has 6 nitrogen and oxygen atoms in total. The maximum Gasteiger partial charge on any atom is 0.328 e. The zero-order valence-electron chi connectivity index (χ0n) is 12.9. The molecule has 3 aromatic heterocycles. The second-order valence-electron chi connectivity index (χ2n) is 5.46. The first-order valence-corrected chi connectivity index (χ1v) is 8.11. The number of imidazole rings is 1. The SMILES string of the molecule is Cc1cc(-c2cnc3[nH]c(=O)n(CC(=O)N(C)C)c3c2)sc1Cl. The summed E-state index contributed by atoms with van der Waals surface area (Å²) in [6.07, 6.45) is 1.69. The number of hydrogen-bond acceptors (Lipinski definition) is 4. The van der Waals surface area contributed by atoms with Crippen molar-refractivity contribution in [3.8, 4) is 10.4 Å². The number of H-pyrrole nitrogens is 1. The number of thiophene rings is 1. The predicted octanol–water partition coefficient (Wildman–Crippen LogP) is 2.50. The van der Waals surface area contributed by atoms with Crippen LogP contribution in [0.5, 0.6) is 0 Å². The van der Waals surface area contributed by atoms with Gasteiger partial charge in [0.1, 0.15) is 6.54 Å². The number of rotatable bonds is 3. The van der Waals surface area contributed by atoms with Gasteiger partial charge in [0.2, 0.25) is 5.91 Å². The Bertz CT molecular complexity index is 935. The summed E-state index contributed by atoms with van der Waals surface area (Å²) in [5.41, 5.74) is 2.58. The molecule has 0 unspecified atom stereocenters. The van der Waals surface area contributed by atoms with E-state index in [0.717, 1.165) is 20.3 Å². The Kier molecular flexibility index (Phi) is 3.99. The number of likely N-dealkylation sites (N-methyl/N-ethyl adjacent to an activating group) is 1. The molecule has 0 fully saturated rings. The molecule has 0 atom stereocenters. The molecule has 8 heteroatoms. The van der Waals surface area contributed by atoms with Crippen LogP contribution in [0, 0.1) is 6.92 Å². The first-order valence-electron chi connectivity index (χ1n) is 6.92. The number of amides is 1. The van der Waals surface area contributed by atoms with Crippen LogP contribution in [0.4, 0.5) is 0 Å². The molecule has 1 N–H and O–H groups in total. The van der Waals surface area contributed by atoms with Gasteiger partial charge in [-0.15, -0.1) is 11.3 Å². The minimum absolute atomic E-state index is 0.0266. The second kappa shape index (κ2) is 5.82. The molecule has 0 radical (unpaired) electrons. The van der Waals surface area contributed by atoms with Gasteiger partial charge in [0.05, 0.1) is 9.85 Å². The number of carbonyl (C=O) groups is 1. The average Bonchev–Trinajstić information content (AvgIpc) is 2.99. The van der Waals surface area contributed by atoms with Gasteiger partial charge in [0, 0.05) is 30.7 Å². The number of nitrogens with zero attached hydrogens (tertiary/aromatic N) is 3. The molecule has 0 saturated carbocycles. The number of pyridine rings is 1.